The maximum Gasteiger partial charge on any atom is 0.309 e. The zero-order chi connectivity index (χ0) is 11.6. The van der Waals surface area contributed by atoms with Crippen molar-refractivity contribution in [2.24, 2.45) is 17.6 Å². The van der Waals surface area contributed by atoms with E-state index in [-0.39, 0.29) is 17.8 Å². The molecule has 0 bridgehead atoms. The Balaban J connectivity index is 2.50. The molecule has 0 aromatic heterocycles. The summed E-state index contributed by atoms with van der Waals surface area (Å²) in [5, 5.41) is 9.62. The summed E-state index contributed by atoms with van der Waals surface area (Å²) in [5.74, 6) is -0.354. The van der Waals surface area contributed by atoms with Crippen LogP contribution in [0.4, 0.5) is 0 Å². The van der Waals surface area contributed by atoms with E-state index in [0.29, 0.717) is 19.4 Å². The molecular formula is C11H21NO3. The summed E-state index contributed by atoms with van der Waals surface area (Å²) >= 11 is 0. The quantitative estimate of drug-likeness (QED) is 0.664. The lowest BCUT2D eigenvalue weighted by Gasteiger charge is -2.21. The van der Waals surface area contributed by atoms with E-state index in [9.17, 15) is 9.90 Å². The molecule has 0 aromatic carbocycles. The highest BCUT2D eigenvalue weighted by Gasteiger charge is 2.38. The van der Waals surface area contributed by atoms with Crippen molar-refractivity contribution in [1.29, 1.82) is 0 Å². The highest BCUT2D eigenvalue weighted by atomic mass is 16.6. The molecule has 0 amide bonds. The predicted octanol–water partition coefficient (Wildman–Crippen LogP) is 0.674. The van der Waals surface area contributed by atoms with Crippen molar-refractivity contribution in [3.8, 4) is 0 Å². The summed E-state index contributed by atoms with van der Waals surface area (Å²) in [6, 6.07) is 0. The highest BCUT2D eigenvalue weighted by Crippen LogP contribution is 2.32. The van der Waals surface area contributed by atoms with Gasteiger partial charge in [-0.2, -0.15) is 0 Å². The molecule has 0 unspecified atom stereocenters. The standard InChI is InChI=1S/C11H21NO3/c1-11(2,3)15-10(14)7-4-8(6-12)9(13)5-7/h7-9,13H,4-6,12H2,1-3H3/t7-,8-,9-/m1/s1. The Morgan fingerprint density at radius 1 is 1.47 bits per heavy atom. The number of carbonyl (C=O) groups excluding carboxylic acids is 1. The fourth-order valence-electron chi connectivity index (χ4n) is 1.93. The molecule has 0 spiro atoms. The van der Waals surface area contributed by atoms with Gasteiger partial charge in [0.05, 0.1) is 12.0 Å². The zero-order valence-electron chi connectivity index (χ0n) is 9.69. The molecule has 4 heteroatoms. The molecule has 1 rings (SSSR count). The molecule has 3 atom stereocenters. The topological polar surface area (TPSA) is 72.5 Å². The van der Waals surface area contributed by atoms with Gasteiger partial charge in [0, 0.05) is 0 Å². The van der Waals surface area contributed by atoms with Crippen LogP contribution in [0.2, 0.25) is 0 Å². The Kier molecular flexibility index (Phi) is 3.73. The Labute approximate surface area is 90.8 Å². The minimum absolute atomic E-state index is 0.0440. The van der Waals surface area contributed by atoms with Crippen LogP contribution in [-0.4, -0.2) is 29.3 Å². The molecule has 1 aliphatic rings. The van der Waals surface area contributed by atoms with Gasteiger partial charge in [-0.1, -0.05) is 0 Å². The molecule has 1 fully saturated rings. The molecular weight excluding hydrogens is 194 g/mol. The average Bonchev–Trinajstić information content (AvgIpc) is 2.43. The van der Waals surface area contributed by atoms with Gasteiger partial charge in [0.25, 0.3) is 0 Å². The predicted molar refractivity (Wildman–Crippen MR) is 57.1 cm³/mol. The van der Waals surface area contributed by atoms with E-state index in [0.717, 1.165) is 0 Å². The van der Waals surface area contributed by atoms with Crippen LogP contribution in [0.3, 0.4) is 0 Å². The first-order chi connectivity index (χ1) is 6.83. The van der Waals surface area contributed by atoms with Crippen LogP contribution in [0.1, 0.15) is 33.6 Å². The van der Waals surface area contributed by atoms with Crippen LogP contribution in [-0.2, 0) is 9.53 Å². The lowest BCUT2D eigenvalue weighted by molar-refractivity contribution is -0.160. The number of aliphatic hydroxyl groups excluding tert-OH is 1. The van der Waals surface area contributed by atoms with Crippen LogP contribution >= 0.6 is 0 Å². The third kappa shape index (κ3) is 3.47. The number of rotatable bonds is 2. The van der Waals surface area contributed by atoms with Gasteiger partial charge in [0.1, 0.15) is 5.60 Å². The number of esters is 1. The summed E-state index contributed by atoms with van der Waals surface area (Å²) in [4.78, 5) is 11.7. The van der Waals surface area contributed by atoms with Crippen molar-refractivity contribution in [2.45, 2.75) is 45.3 Å². The minimum Gasteiger partial charge on any atom is -0.460 e. The number of ether oxygens (including phenoxy) is 1. The zero-order valence-corrected chi connectivity index (χ0v) is 9.69. The molecule has 0 saturated heterocycles. The van der Waals surface area contributed by atoms with Crippen molar-refractivity contribution in [3.63, 3.8) is 0 Å². The molecule has 0 heterocycles. The van der Waals surface area contributed by atoms with Crippen molar-refractivity contribution < 1.29 is 14.6 Å². The van der Waals surface area contributed by atoms with Gasteiger partial charge in [-0.15, -0.1) is 0 Å². The lowest BCUT2D eigenvalue weighted by atomic mass is 10.0. The van der Waals surface area contributed by atoms with Crippen LogP contribution in [0.25, 0.3) is 0 Å². The highest BCUT2D eigenvalue weighted by molar-refractivity contribution is 5.73. The third-order valence-corrected chi connectivity index (χ3v) is 2.70. The van der Waals surface area contributed by atoms with Crippen molar-refractivity contribution in [1.82, 2.24) is 0 Å². The van der Waals surface area contributed by atoms with E-state index < -0.39 is 11.7 Å². The Morgan fingerprint density at radius 3 is 2.47 bits per heavy atom. The van der Waals surface area contributed by atoms with Crippen LogP contribution in [0.5, 0.6) is 0 Å². The molecule has 15 heavy (non-hydrogen) atoms. The molecule has 4 nitrogen and oxygen atoms in total. The monoisotopic (exact) mass is 215 g/mol. The van der Waals surface area contributed by atoms with E-state index in [2.05, 4.69) is 0 Å². The Hall–Kier alpha value is -0.610. The SMILES string of the molecule is CC(C)(C)OC(=O)[C@@H]1C[C@H](CN)[C@H](O)C1. The molecule has 1 saturated carbocycles. The van der Waals surface area contributed by atoms with Crippen LogP contribution < -0.4 is 5.73 Å². The summed E-state index contributed by atoms with van der Waals surface area (Å²) < 4.78 is 5.27. The molecule has 0 aromatic rings. The molecule has 88 valence electrons. The van der Waals surface area contributed by atoms with Gasteiger partial charge < -0.3 is 15.6 Å². The first kappa shape index (κ1) is 12.5. The third-order valence-electron chi connectivity index (χ3n) is 2.70. The lowest BCUT2D eigenvalue weighted by Crippen LogP contribution is -2.28. The molecule has 0 aliphatic heterocycles. The summed E-state index contributed by atoms with van der Waals surface area (Å²) in [7, 11) is 0. The summed E-state index contributed by atoms with van der Waals surface area (Å²) in [5.41, 5.74) is 5.05. The van der Waals surface area contributed by atoms with Gasteiger partial charge in [-0.05, 0) is 46.1 Å². The smallest absolute Gasteiger partial charge is 0.309 e. The summed E-state index contributed by atoms with van der Waals surface area (Å²) in [6.45, 7) is 5.96. The first-order valence-corrected chi connectivity index (χ1v) is 5.44. The number of carbonyl (C=O) groups is 1. The molecule has 1 aliphatic carbocycles. The number of nitrogens with two attached hydrogens (primary N) is 1. The largest absolute Gasteiger partial charge is 0.460 e. The van der Waals surface area contributed by atoms with E-state index in [1.54, 1.807) is 0 Å². The second kappa shape index (κ2) is 4.49. The van der Waals surface area contributed by atoms with E-state index in [4.69, 9.17) is 10.5 Å². The summed E-state index contributed by atoms with van der Waals surface area (Å²) in [6.07, 6.45) is 0.677. The second-order valence-electron chi connectivity index (χ2n) is 5.26. The van der Waals surface area contributed by atoms with Crippen molar-refractivity contribution in [3.05, 3.63) is 0 Å². The van der Waals surface area contributed by atoms with E-state index in [1.165, 1.54) is 0 Å². The van der Waals surface area contributed by atoms with Gasteiger partial charge in [0.2, 0.25) is 0 Å². The number of aliphatic hydroxyl groups is 1. The van der Waals surface area contributed by atoms with Gasteiger partial charge in [-0.3, -0.25) is 4.79 Å². The van der Waals surface area contributed by atoms with Crippen molar-refractivity contribution in [2.75, 3.05) is 6.54 Å². The van der Waals surface area contributed by atoms with E-state index in [1.807, 2.05) is 20.8 Å². The normalized spacial score (nSPS) is 31.7. The van der Waals surface area contributed by atoms with Gasteiger partial charge in [0.15, 0.2) is 0 Å². The molecule has 0 radical (unpaired) electrons. The molecule has 3 N–H and O–H groups in total. The minimum atomic E-state index is -0.456. The number of hydrogen-bond donors (Lipinski definition) is 2. The average molecular weight is 215 g/mol. The second-order valence-corrected chi connectivity index (χ2v) is 5.26. The maximum atomic E-state index is 11.7. The van der Waals surface area contributed by atoms with Gasteiger partial charge >= 0.3 is 5.97 Å². The maximum absolute atomic E-state index is 11.7. The number of hydrogen-bond acceptors (Lipinski definition) is 4. The van der Waals surface area contributed by atoms with E-state index >= 15 is 0 Å². The van der Waals surface area contributed by atoms with Crippen LogP contribution in [0.15, 0.2) is 0 Å². The Morgan fingerprint density at radius 2 is 2.07 bits per heavy atom. The fourth-order valence-corrected chi connectivity index (χ4v) is 1.93. The van der Waals surface area contributed by atoms with Crippen molar-refractivity contribution >= 4 is 5.97 Å². The first-order valence-electron chi connectivity index (χ1n) is 5.44. The van der Waals surface area contributed by atoms with Gasteiger partial charge in [-0.25, -0.2) is 0 Å². The van der Waals surface area contributed by atoms with Crippen LogP contribution in [0, 0.1) is 11.8 Å². The Bertz CT molecular complexity index is 234. The fraction of sp³-hybridized carbons (Fsp3) is 0.909.